The fourth-order valence-corrected chi connectivity index (χ4v) is 4.47. The highest BCUT2D eigenvalue weighted by Crippen LogP contribution is 2.47. The molecule has 1 aliphatic heterocycles. The Kier molecular flexibility index (Phi) is 4.42. The van der Waals surface area contributed by atoms with Crippen LogP contribution in [0.1, 0.15) is 51.4 Å². The zero-order valence-electron chi connectivity index (χ0n) is 12.0. The molecule has 1 heterocycles. The summed E-state index contributed by atoms with van der Waals surface area (Å²) < 4.78 is 0. The molecule has 0 aromatic rings. The van der Waals surface area contributed by atoms with Gasteiger partial charge in [0.1, 0.15) is 0 Å². The molecule has 3 rings (SSSR count). The fraction of sp³-hybridized carbons (Fsp3) is 0.938. The van der Waals surface area contributed by atoms with E-state index in [0.717, 1.165) is 56.1 Å². The van der Waals surface area contributed by atoms with Crippen LogP contribution in [0.3, 0.4) is 0 Å². The first-order valence-corrected chi connectivity index (χ1v) is 8.28. The van der Waals surface area contributed by atoms with E-state index in [2.05, 4.69) is 10.6 Å². The fourth-order valence-electron chi connectivity index (χ4n) is 4.47. The van der Waals surface area contributed by atoms with Gasteiger partial charge in [-0.15, -0.1) is 0 Å². The van der Waals surface area contributed by atoms with Crippen LogP contribution in [-0.4, -0.2) is 25.5 Å². The maximum absolute atomic E-state index is 11.9. The smallest absolute Gasteiger partial charge is 0.220 e. The van der Waals surface area contributed by atoms with Crippen LogP contribution >= 0.6 is 0 Å². The first-order valence-electron chi connectivity index (χ1n) is 8.28. The molecule has 0 aromatic heterocycles. The van der Waals surface area contributed by atoms with E-state index in [1.165, 1.54) is 38.5 Å². The quantitative estimate of drug-likeness (QED) is 0.800. The molecule has 3 unspecified atom stereocenters. The number of piperidine rings is 1. The molecule has 3 atom stereocenters. The molecule has 0 spiro atoms. The number of rotatable bonds is 5. The van der Waals surface area contributed by atoms with Gasteiger partial charge < -0.3 is 10.6 Å². The summed E-state index contributed by atoms with van der Waals surface area (Å²) in [5.41, 5.74) is 0. The van der Waals surface area contributed by atoms with Crippen molar-refractivity contribution in [1.82, 2.24) is 10.6 Å². The molecule has 0 radical (unpaired) electrons. The third-order valence-corrected chi connectivity index (χ3v) is 5.68. The Bertz CT molecular complexity index is 312. The van der Waals surface area contributed by atoms with Gasteiger partial charge in [-0.25, -0.2) is 0 Å². The maximum atomic E-state index is 11.9. The summed E-state index contributed by atoms with van der Waals surface area (Å²) in [5.74, 6) is 3.77. The van der Waals surface area contributed by atoms with Crippen LogP contribution in [-0.2, 0) is 4.79 Å². The SMILES string of the molecule is O=C(CCC1CCNCC1)NCC1CC2CCC1C2. The molecule has 19 heavy (non-hydrogen) atoms. The molecule has 0 aromatic carbocycles. The molecule has 2 N–H and O–H groups in total. The Balaban J connectivity index is 1.30. The molecule has 3 fully saturated rings. The summed E-state index contributed by atoms with van der Waals surface area (Å²) in [7, 11) is 0. The molecule has 3 aliphatic rings. The zero-order chi connectivity index (χ0) is 13.1. The van der Waals surface area contributed by atoms with Gasteiger partial charge in [0, 0.05) is 13.0 Å². The summed E-state index contributed by atoms with van der Waals surface area (Å²) >= 11 is 0. The van der Waals surface area contributed by atoms with Crippen LogP contribution in [0.15, 0.2) is 0 Å². The van der Waals surface area contributed by atoms with E-state index in [0.29, 0.717) is 5.91 Å². The van der Waals surface area contributed by atoms with E-state index in [9.17, 15) is 4.79 Å². The largest absolute Gasteiger partial charge is 0.356 e. The molecule has 108 valence electrons. The van der Waals surface area contributed by atoms with Gasteiger partial charge in [-0.1, -0.05) is 6.42 Å². The van der Waals surface area contributed by atoms with Crippen molar-refractivity contribution in [2.45, 2.75) is 51.4 Å². The third kappa shape index (κ3) is 3.50. The lowest BCUT2D eigenvalue weighted by molar-refractivity contribution is -0.121. The van der Waals surface area contributed by atoms with Crippen LogP contribution in [0.5, 0.6) is 0 Å². The number of hydrogen-bond donors (Lipinski definition) is 2. The van der Waals surface area contributed by atoms with Gasteiger partial charge in [0.15, 0.2) is 0 Å². The highest BCUT2D eigenvalue weighted by atomic mass is 16.1. The van der Waals surface area contributed by atoms with Crippen molar-refractivity contribution < 1.29 is 4.79 Å². The lowest BCUT2D eigenvalue weighted by Crippen LogP contribution is -2.32. The van der Waals surface area contributed by atoms with Gasteiger partial charge in [0.2, 0.25) is 5.91 Å². The molecular weight excluding hydrogens is 236 g/mol. The molecule has 3 nitrogen and oxygen atoms in total. The van der Waals surface area contributed by atoms with Crippen molar-refractivity contribution in [2.24, 2.45) is 23.7 Å². The summed E-state index contributed by atoms with van der Waals surface area (Å²) in [4.78, 5) is 11.9. The standard InChI is InChI=1S/C16H28N2O/c19-16(4-2-12-5-7-17-8-6-12)18-11-15-10-13-1-3-14(15)9-13/h12-15,17H,1-11H2,(H,18,19). The minimum Gasteiger partial charge on any atom is -0.356 e. The van der Waals surface area contributed by atoms with Crippen LogP contribution in [0.25, 0.3) is 0 Å². The number of carbonyl (C=O) groups is 1. The molecule has 2 aliphatic carbocycles. The molecule has 2 bridgehead atoms. The van der Waals surface area contributed by atoms with Crippen LogP contribution < -0.4 is 10.6 Å². The van der Waals surface area contributed by atoms with Crippen molar-refractivity contribution in [3.8, 4) is 0 Å². The second-order valence-electron chi connectivity index (χ2n) is 6.97. The van der Waals surface area contributed by atoms with Gasteiger partial charge in [0.25, 0.3) is 0 Å². The minimum absolute atomic E-state index is 0.293. The summed E-state index contributed by atoms with van der Waals surface area (Å²) in [6.45, 7) is 3.22. The zero-order valence-corrected chi connectivity index (χ0v) is 12.0. The molecule has 3 heteroatoms. The van der Waals surface area contributed by atoms with Gasteiger partial charge >= 0.3 is 0 Å². The lowest BCUT2D eigenvalue weighted by Gasteiger charge is -2.23. The highest BCUT2D eigenvalue weighted by Gasteiger charge is 2.39. The Morgan fingerprint density at radius 2 is 1.95 bits per heavy atom. The first kappa shape index (κ1) is 13.4. The van der Waals surface area contributed by atoms with Crippen molar-refractivity contribution >= 4 is 5.91 Å². The monoisotopic (exact) mass is 264 g/mol. The maximum Gasteiger partial charge on any atom is 0.220 e. The topological polar surface area (TPSA) is 41.1 Å². The van der Waals surface area contributed by atoms with Gasteiger partial charge in [0.05, 0.1) is 0 Å². The van der Waals surface area contributed by atoms with E-state index < -0.39 is 0 Å². The van der Waals surface area contributed by atoms with Crippen LogP contribution in [0, 0.1) is 23.7 Å². The van der Waals surface area contributed by atoms with Crippen LogP contribution in [0.4, 0.5) is 0 Å². The minimum atomic E-state index is 0.293. The lowest BCUT2D eigenvalue weighted by atomic mass is 9.88. The average molecular weight is 264 g/mol. The highest BCUT2D eigenvalue weighted by molar-refractivity contribution is 5.75. The second-order valence-corrected chi connectivity index (χ2v) is 6.97. The van der Waals surface area contributed by atoms with Crippen LogP contribution in [0.2, 0.25) is 0 Å². The molecule has 2 saturated carbocycles. The average Bonchev–Trinajstić information content (AvgIpc) is 3.06. The third-order valence-electron chi connectivity index (χ3n) is 5.68. The van der Waals surface area contributed by atoms with Crippen molar-refractivity contribution in [3.63, 3.8) is 0 Å². The Morgan fingerprint density at radius 3 is 2.63 bits per heavy atom. The van der Waals surface area contributed by atoms with E-state index in [-0.39, 0.29) is 0 Å². The van der Waals surface area contributed by atoms with Gasteiger partial charge in [-0.05, 0) is 75.3 Å². The van der Waals surface area contributed by atoms with E-state index in [1.807, 2.05) is 0 Å². The molecule has 1 amide bonds. The second kappa shape index (κ2) is 6.25. The van der Waals surface area contributed by atoms with E-state index >= 15 is 0 Å². The summed E-state index contributed by atoms with van der Waals surface area (Å²) in [5, 5.41) is 6.57. The number of hydrogen-bond acceptors (Lipinski definition) is 2. The van der Waals surface area contributed by atoms with E-state index in [1.54, 1.807) is 0 Å². The van der Waals surface area contributed by atoms with E-state index in [4.69, 9.17) is 0 Å². The summed E-state index contributed by atoms with van der Waals surface area (Å²) in [6, 6.07) is 0. The predicted molar refractivity (Wildman–Crippen MR) is 76.8 cm³/mol. The number of fused-ring (bicyclic) bond motifs is 2. The van der Waals surface area contributed by atoms with Crippen molar-refractivity contribution in [3.05, 3.63) is 0 Å². The first-order chi connectivity index (χ1) is 9.31. The predicted octanol–water partition coefficient (Wildman–Crippen LogP) is 2.32. The van der Waals surface area contributed by atoms with Gasteiger partial charge in [-0.2, -0.15) is 0 Å². The Labute approximate surface area is 116 Å². The van der Waals surface area contributed by atoms with Crippen molar-refractivity contribution in [2.75, 3.05) is 19.6 Å². The van der Waals surface area contributed by atoms with Crippen molar-refractivity contribution in [1.29, 1.82) is 0 Å². The Morgan fingerprint density at radius 1 is 1.11 bits per heavy atom. The van der Waals surface area contributed by atoms with Gasteiger partial charge in [-0.3, -0.25) is 4.79 Å². The Hall–Kier alpha value is -0.570. The summed E-state index contributed by atoms with van der Waals surface area (Å²) in [6.07, 6.45) is 10.0. The molecule has 1 saturated heterocycles. The molecular formula is C16H28N2O. The normalized spacial score (nSPS) is 34.6. The number of nitrogens with one attached hydrogen (secondary N) is 2. The number of amides is 1. The number of carbonyl (C=O) groups excluding carboxylic acids is 1.